The summed E-state index contributed by atoms with van der Waals surface area (Å²) in [6.45, 7) is 1.51. The zero-order valence-electron chi connectivity index (χ0n) is 3.68. The molecular formula is C3H6AgO2S. The number of hydrogen-bond donors (Lipinski definition) is 2. The zero-order chi connectivity index (χ0) is 5.15. The van der Waals surface area contributed by atoms with Crippen LogP contribution >= 0.6 is 12.6 Å². The van der Waals surface area contributed by atoms with Gasteiger partial charge in [0.25, 0.3) is 0 Å². The van der Waals surface area contributed by atoms with Crippen LogP contribution in [0.15, 0.2) is 0 Å². The maximum atomic E-state index is 9.62. The summed E-state index contributed by atoms with van der Waals surface area (Å²) in [5, 5.41) is 7.38. The smallest absolute Gasteiger partial charge is 0.316 e. The van der Waals surface area contributed by atoms with Crippen LogP contribution in [-0.4, -0.2) is 16.3 Å². The van der Waals surface area contributed by atoms with E-state index in [0.717, 1.165) is 0 Å². The van der Waals surface area contributed by atoms with Crippen molar-refractivity contribution in [1.29, 1.82) is 0 Å². The molecule has 1 N–H and O–H groups in total. The Morgan fingerprint density at radius 3 is 2.00 bits per heavy atom. The van der Waals surface area contributed by atoms with Gasteiger partial charge in [0.2, 0.25) is 0 Å². The van der Waals surface area contributed by atoms with Crippen LogP contribution < -0.4 is 0 Å². The molecule has 1 atom stereocenters. The summed E-state index contributed by atoms with van der Waals surface area (Å²) in [6.07, 6.45) is 0. The average molecular weight is 214 g/mol. The molecule has 47 valence electrons. The van der Waals surface area contributed by atoms with Crippen molar-refractivity contribution in [2.75, 3.05) is 0 Å². The third-order valence-corrected chi connectivity index (χ3v) is 0.578. The van der Waals surface area contributed by atoms with Crippen molar-refractivity contribution in [2.24, 2.45) is 0 Å². The van der Waals surface area contributed by atoms with Crippen LogP contribution in [0.25, 0.3) is 0 Å². The van der Waals surface area contributed by atoms with E-state index >= 15 is 0 Å². The molecular weight excluding hydrogens is 208 g/mol. The molecule has 0 aromatic rings. The van der Waals surface area contributed by atoms with Gasteiger partial charge in [-0.1, -0.05) is 0 Å². The Hall–Kier alpha value is 0.560. The van der Waals surface area contributed by atoms with Crippen molar-refractivity contribution in [3.05, 3.63) is 0 Å². The van der Waals surface area contributed by atoms with Crippen LogP contribution in [-0.2, 0) is 27.2 Å². The van der Waals surface area contributed by atoms with Crippen molar-refractivity contribution in [1.82, 2.24) is 0 Å². The maximum Gasteiger partial charge on any atom is 0.316 e. The summed E-state index contributed by atoms with van der Waals surface area (Å²) in [6, 6.07) is 0. The molecule has 0 heterocycles. The number of carboxylic acids is 1. The molecule has 4 heteroatoms. The molecule has 0 rings (SSSR count). The van der Waals surface area contributed by atoms with Gasteiger partial charge in [-0.2, -0.15) is 12.6 Å². The molecule has 2 nitrogen and oxygen atoms in total. The molecule has 0 aliphatic heterocycles. The molecule has 0 aliphatic carbocycles. The molecule has 0 aromatic carbocycles. The monoisotopic (exact) mass is 213 g/mol. The van der Waals surface area contributed by atoms with Gasteiger partial charge < -0.3 is 5.11 Å². The van der Waals surface area contributed by atoms with Crippen molar-refractivity contribution in [3.63, 3.8) is 0 Å². The zero-order valence-corrected chi connectivity index (χ0v) is 6.06. The van der Waals surface area contributed by atoms with Crippen molar-refractivity contribution in [3.8, 4) is 0 Å². The van der Waals surface area contributed by atoms with Crippen LogP contribution in [0.1, 0.15) is 6.92 Å². The number of thiol groups is 1. The molecule has 0 saturated carbocycles. The number of hydrogen-bond acceptors (Lipinski definition) is 2. The number of carboxylic acid groups (broad SMARTS) is 1. The van der Waals surface area contributed by atoms with Gasteiger partial charge in [-0.15, -0.1) is 0 Å². The summed E-state index contributed by atoms with van der Waals surface area (Å²) in [7, 11) is 0. The van der Waals surface area contributed by atoms with Gasteiger partial charge in [0.05, 0.1) is 5.25 Å². The fraction of sp³-hybridized carbons (Fsp3) is 0.667. The van der Waals surface area contributed by atoms with E-state index in [1.807, 2.05) is 0 Å². The van der Waals surface area contributed by atoms with E-state index in [4.69, 9.17) is 5.11 Å². The molecule has 1 unspecified atom stereocenters. The first-order chi connectivity index (χ1) is 2.64. The molecule has 0 aliphatic rings. The van der Waals surface area contributed by atoms with Crippen LogP contribution in [0.5, 0.6) is 0 Å². The summed E-state index contributed by atoms with van der Waals surface area (Å²) >= 11 is 3.59. The Balaban J connectivity index is 0. The normalized spacial score (nSPS) is 11.7. The predicted octanol–water partition coefficient (Wildman–Crippen LogP) is 0.387. The molecule has 0 amide bonds. The van der Waals surface area contributed by atoms with Crippen LogP contribution in [0.4, 0.5) is 0 Å². The average Bonchev–Trinajstić information content (AvgIpc) is 1.36. The van der Waals surface area contributed by atoms with Gasteiger partial charge in [-0.3, -0.25) is 4.79 Å². The van der Waals surface area contributed by atoms with Crippen LogP contribution in [0.2, 0.25) is 0 Å². The van der Waals surface area contributed by atoms with E-state index in [1.54, 1.807) is 0 Å². The summed E-state index contributed by atoms with van der Waals surface area (Å²) in [5.74, 6) is -0.877. The van der Waals surface area contributed by atoms with E-state index in [2.05, 4.69) is 12.6 Å². The van der Waals surface area contributed by atoms with Gasteiger partial charge in [0.15, 0.2) is 0 Å². The second-order valence-corrected chi connectivity index (χ2v) is 1.79. The minimum absolute atomic E-state index is 0. The molecule has 0 saturated heterocycles. The first-order valence-electron chi connectivity index (χ1n) is 1.55. The van der Waals surface area contributed by atoms with E-state index in [-0.39, 0.29) is 22.4 Å². The summed E-state index contributed by atoms with van der Waals surface area (Å²) < 4.78 is 0. The Labute approximate surface area is 63.2 Å². The van der Waals surface area contributed by atoms with Crippen molar-refractivity contribution >= 4 is 18.6 Å². The molecule has 0 fully saturated rings. The topological polar surface area (TPSA) is 37.3 Å². The minimum atomic E-state index is -0.877. The maximum absolute atomic E-state index is 9.62. The quantitative estimate of drug-likeness (QED) is 0.489. The molecule has 0 aromatic heterocycles. The van der Waals surface area contributed by atoms with E-state index in [1.165, 1.54) is 6.92 Å². The summed E-state index contributed by atoms with van der Waals surface area (Å²) in [5.41, 5.74) is 0. The van der Waals surface area contributed by atoms with Gasteiger partial charge in [-0.25, -0.2) is 0 Å². The van der Waals surface area contributed by atoms with Crippen LogP contribution in [0.3, 0.4) is 0 Å². The second-order valence-electron chi connectivity index (χ2n) is 1.01. The van der Waals surface area contributed by atoms with Crippen molar-refractivity contribution < 1.29 is 32.3 Å². The largest absolute Gasteiger partial charge is 0.480 e. The van der Waals surface area contributed by atoms with E-state index in [0.29, 0.717) is 0 Å². The van der Waals surface area contributed by atoms with Gasteiger partial charge >= 0.3 is 5.97 Å². The molecule has 0 spiro atoms. The van der Waals surface area contributed by atoms with Gasteiger partial charge in [-0.05, 0) is 6.92 Å². The van der Waals surface area contributed by atoms with Crippen LogP contribution in [0, 0.1) is 0 Å². The second kappa shape index (κ2) is 4.71. The Bertz CT molecular complexity index is 64.0. The fourth-order valence-electron chi connectivity index (χ4n) is 0. The van der Waals surface area contributed by atoms with E-state index < -0.39 is 11.2 Å². The molecule has 1 radical (unpaired) electrons. The SMILES string of the molecule is CC(S)C(=O)O.[Ag]. The van der Waals surface area contributed by atoms with Gasteiger partial charge in [0.1, 0.15) is 0 Å². The standard InChI is InChI=1S/C3H6O2S.Ag/c1-2(6)3(4)5;/h2,6H,1H3,(H,4,5);. The van der Waals surface area contributed by atoms with Gasteiger partial charge in [0, 0.05) is 22.4 Å². The first kappa shape index (κ1) is 10.5. The first-order valence-corrected chi connectivity index (χ1v) is 2.07. The number of aliphatic carboxylic acids is 1. The van der Waals surface area contributed by atoms with Crippen molar-refractivity contribution in [2.45, 2.75) is 12.2 Å². The summed E-state index contributed by atoms with van der Waals surface area (Å²) in [4.78, 5) is 9.62. The Kier molecular flexibility index (Phi) is 7.09. The van der Waals surface area contributed by atoms with E-state index in [9.17, 15) is 4.79 Å². The third kappa shape index (κ3) is 6.56. The minimum Gasteiger partial charge on any atom is -0.480 e. The Morgan fingerprint density at radius 2 is 2.00 bits per heavy atom. The number of rotatable bonds is 1. The number of carbonyl (C=O) groups is 1. The predicted molar refractivity (Wildman–Crippen MR) is 26.1 cm³/mol. The molecule has 0 bridgehead atoms. The third-order valence-electron chi connectivity index (χ3n) is 0.357. The molecule has 7 heavy (non-hydrogen) atoms. The Morgan fingerprint density at radius 1 is 1.86 bits per heavy atom. The fourth-order valence-corrected chi connectivity index (χ4v) is 0.